The Morgan fingerprint density at radius 1 is 1.04 bits per heavy atom. The zero-order chi connectivity index (χ0) is 17.1. The summed E-state index contributed by atoms with van der Waals surface area (Å²) < 4.78 is 10.5. The summed E-state index contributed by atoms with van der Waals surface area (Å²) in [4.78, 5) is 12.7. The zero-order valence-corrected chi connectivity index (χ0v) is 14.3. The van der Waals surface area contributed by atoms with Crippen LogP contribution in [0.4, 0.5) is 0 Å². The van der Waals surface area contributed by atoms with E-state index in [-0.39, 0.29) is 11.9 Å². The molecule has 24 heavy (non-hydrogen) atoms. The van der Waals surface area contributed by atoms with Crippen LogP contribution < -0.4 is 14.8 Å². The van der Waals surface area contributed by atoms with Crippen molar-refractivity contribution in [3.05, 3.63) is 59.2 Å². The van der Waals surface area contributed by atoms with Gasteiger partial charge in [-0.3, -0.25) is 4.79 Å². The predicted molar refractivity (Wildman–Crippen MR) is 93.7 cm³/mol. The maximum absolute atomic E-state index is 12.7. The maximum atomic E-state index is 12.7. The summed E-state index contributed by atoms with van der Waals surface area (Å²) in [5, 5.41) is 3.18. The Balaban J connectivity index is 1.82. The fourth-order valence-corrected chi connectivity index (χ4v) is 2.84. The summed E-state index contributed by atoms with van der Waals surface area (Å²) in [5.74, 6) is 1.63. The first kappa shape index (κ1) is 16.4. The van der Waals surface area contributed by atoms with E-state index in [0.29, 0.717) is 23.0 Å². The molecule has 0 spiro atoms. The Morgan fingerprint density at radius 2 is 1.62 bits per heavy atom. The quantitative estimate of drug-likeness (QED) is 0.876. The molecule has 1 amide bonds. The predicted octanol–water partition coefficient (Wildman–Crippen LogP) is 3.89. The molecule has 1 N–H and O–H groups in total. The number of benzene rings is 2. The average Bonchev–Trinajstić information content (AvgIpc) is 3.44. The van der Waals surface area contributed by atoms with Gasteiger partial charge in [-0.1, -0.05) is 29.8 Å². The van der Waals surface area contributed by atoms with Crippen molar-refractivity contribution in [2.24, 2.45) is 5.92 Å². The van der Waals surface area contributed by atoms with Gasteiger partial charge in [-0.25, -0.2) is 0 Å². The van der Waals surface area contributed by atoms with Crippen LogP contribution >= 0.6 is 0 Å². The smallest absolute Gasteiger partial charge is 0.252 e. The Morgan fingerprint density at radius 3 is 2.12 bits per heavy atom. The first-order valence-corrected chi connectivity index (χ1v) is 8.21. The Bertz CT molecular complexity index is 698. The van der Waals surface area contributed by atoms with E-state index in [1.807, 2.05) is 0 Å². The van der Waals surface area contributed by atoms with Gasteiger partial charge in [-0.15, -0.1) is 0 Å². The molecule has 1 saturated carbocycles. The molecule has 2 aromatic rings. The van der Waals surface area contributed by atoms with Gasteiger partial charge in [-0.2, -0.15) is 0 Å². The van der Waals surface area contributed by atoms with E-state index in [1.165, 1.54) is 5.56 Å². The summed E-state index contributed by atoms with van der Waals surface area (Å²) in [7, 11) is 3.16. The van der Waals surface area contributed by atoms with Gasteiger partial charge >= 0.3 is 0 Å². The molecule has 2 aromatic carbocycles. The fraction of sp³-hybridized carbons (Fsp3) is 0.350. The molecule has 126 valence electrons. The van der Waals surface area contributed by atoms with E-state index in [9.17, 15) is 4.79 Å². The highest BCUT2D eigenvalue weighted by Gasteiger charge is 2.33. The molecule has 0 radical (unpaired) electrons. The lowest BCUT2D eigenvalue weighted by Crippen LogP contribution is -2.29. The normalized spacial score (nSPS) is 14.8. The van der Waals surface area contributed by atoms with Crippen molar-refractivity contribution < 1.29 is 14.3 Å². The van der Waals surface area contributed by atoms with Crippen molar-refractivity contribution in [3.8, 4) is 11.5 Å². The molecular weight excluding hydrogens is 302 g/mol. The van der Waals surface area contributed by atoms with Crippen molar-refractivity contribution in [2.75, 3.05) is 14.2 Å². The molecule has 0 aliphatic heterocycles. The van der Waals surface area contributed by atoms with Gasteiger partial charge in [0, 0.05) is 11.6 Å². The number of carbonyl (C=O) groups excluding carboxylic acids is 1. The molecule has 3 rings (SSSR count). The molecular formula is C20H23NO3. The van der Waals surface area contributed by atoms with Gasteiger partial charge in [0.25, 0.3) is 5.91 Å². The second-order valence-electron chi connectivity index (χ2n) is 6.30. The lowest BCUT2D eigenvalue weighted by atomic mass is 10.0. The van der Waals surface area contributed by atoms with Crippen LogP contribution in [-0.4, -0.2) is 20.1 Å². The Labute approximate surface area is 142 Å². The number of rotatable bonds is 6. The van der Waals surface area contributed by atoms with Crippen LogP contribution in [0.5, 0.6) is 11.5 Å². The number of amides is 1. The molecule has 1 fully saturated rings. The van der Waals surface area contributed by atoms with Crippen molar-refractivity contribution in [2.45, 2.75) is 25.8 Å². The van der Waals surface area contributed by atoms with Crippen molar-refractivity contribution in [3.63, 3.8) is 0 Å². The van der Waals surface area contributed by atoms with Gasteiger partial charge in [-0.05, 0) is 43.4 Å². The lowest BCUT2D eigenvalue weighted by Gasteiger charge is -2.19. The van der Waals surface area contributed by atoms with E-state index in [2.05, 4.69) is 36.5 Å². The highest BCUT2D eigenvalue weighted by molar-refractivity contribution is 5.95. The van der Waals surface area contributed by atoms with E-state index in [0.717, 1.165) is 18.4 Å². The SMILES string of the molecule is COc1cc(OC)cc(C(=O)N[C@H](c2ccc(C)cc2)C2CC2)c1. The Hall–Kier alpha value is -2.49. The van der Waals surface area contributed by atoms with Crippen molar-refractivity contribution >= 4 is 5.91 Å². The van der Waals surface area contributed by atoms with Crippen molar-refractivity contribution in [1.29, 1.82) is 0 Å². The molecule has 0 aromatic heterocycles. The summed E-state index contributed by atoms with van der Waals surface area (Å²) in [5.41, 5.74) is 2.92. The van der Waals surface area contributed by atoms with Crippen LogP contribution in [0.1, 0.15) is 40.4 Å². The number of hydrogen-bond acceptors (Lipinski definition) is 3. The molecule has 4 heteroatoms. The van der Waals surface area contributed by atoms with Gasteiger partial charge in [0.1, 0.15) is 11.5 Å². The van der Waals surface area contributed by atoms with Gasteiger partial charge in [0.15, 0.2) is 0 Å². The third-order valence-corrected chi connectivity index (χ3v) is 4.43. The number of ether oxygens (including phenoxy) is 2. The van der Waals surface area contributed by atoms with Crippen LogP contribution in [0.2, 0.25) is 0 Å². The zero-order valence-electron chi connectivity index (χ0n) is 14.3. The fourth-order valence-electron chi connectivity index (χ4n) is 2.84. The maximum Gasteiger partial charge on any atom is 0.252 e. The molecule has 1 aliphatic carbocycles. The summed E-state index contributed by atoms with van der Waals surface area (Å²) in [6, 6.07) is 13.7. The minimum atomic E-state index is -0.107. The number of aryl methyl sites for hydroxylation is 1. The summed E-state index contributed by atoms with van der Waals surface area (Å²) in [6.07, 6.45) is 2.31. The largest absolute Gasteiger partial charge is 0.497 e. The first-order valence-electron chi connectivity index (χ1n) is 8.21. The van der Waals surface area contributed by atoms with E-state index < -0.39 is 0 Å². The van der Waals surface area contributed by atoms with Crippen LogP contribution in [-0.2, 0) is 0 Å². The third-order valence-electron chi connectivity index (χ3n) is 4.43. The molecule has 4 nitrogen and oxygen atoms in total. The second-order valence-corrected chi connectivity index (χ2v) is 6.30. The highest BCUT2D eigenvalue weighted by atomic mass is 16.5. The lowest BCUT2D eigenvalue weighted by molar-refractivity contribution is 0.0931. The van der Waals surface area contributed by atoms with Crippen molar-refractivity contribution in [1.82, 2.24) is 5.32 Å². The van der Waals surface area contributed by atoms with E-state index >= 15 is 0 Å². The molecule has 0 saturated heterocycles. The Kier molecular flexibility index (Phi) is 4.74. The molecule has 0 bridgehead atoms. The monoisotopic (exact) mass is 325 g/mol. The van der Waals surface area contributed by atoms with Gasteiger partial charge in [0.2, 0.25) is 0 Å². The third kappa shape index (κ3) is 3.70. The number of carbonyl (C=O) groups is 1. The van der Waals surface area contributed by atoms with E-state index in [1.54, 1.807) is 32.4 Å². The summed E-state index contributed by atoms with van der Waals surface area (Å²) >= 11 is 0. The van der Waals surface area contributed by atoms with Gasteiger partial charge in [0.05, 0.1) is 20.3 Å². The van der Waals surface area contributed by atoms with Crippen LogP contribution in [0.15, 0.2) is 42.5 Å². The van der Waals surface area contributed by atoms with Crippen LogP contribution in [0, 0.1) is 12.8 Å². The summed E-state index contributed by atoms with van der Waals surface area (Å²) in [6.45, 7) is 2.07. The number of hydrogen-bond donors (Lipinski definition) is 1. The first-order chi connectivity index (χ1) is 11.6. The number of nitrogens with one attached hydrogen (secondary N) is 1. The number of methoxy groups -OCH3 is 2. The van der Waals surface area contributed by atoms with Gasteiger partial charge < -0.3 is 14.8 Å². The standard InChI is InChI=1S/C20H23NO3/c1-13-4-6-14(7-5-13)19(15-8-9-15)21-20(22)16-10-17(23-2)12-18(11-16)24-3/h4-7,10-12,15,19H,8-9H2,1-3H3,(H,21,22)/t19-/m1/s1. The second kappa shape index (κ2) is 6.95. The highest BCUT2D eigenvalue weighted by Crippen LogP contribution is 2.41. The topological polar surface area (TPSA) is 47.6 Å². The molecule has 0 heterocycles. The minimum Gasteiger partial charge on any atom is -0.497 e. The van der Waals surface area contributed by atoms with Crippen LogP contribution in [0.25, 0.3) is 0 Å². The minimum absolute atomic E-state index is 0.0512. The molecule has 1 aliphatic rings. The molecule has 0 unspecified atom stereocenters. The van der Waals surface area contributed by atoms with Crippen LogP contribution in [0.3, 0.4) is 0 Å². The molecule has 1 atom stereocenters. The van der Waals surface area contributed by atoms with E-state index in [4.69, 9.17) is 9.47 Å². The average molecular weight is 325 g/mol.